The van der Waals surface area contributed by atoms with Crippen LogP contribution < -0.4 is 10.9 Å². The number of fused-ring (bicyclic) bond motifs is 3. The number of aryl methyl sites for hydroxylation is 1. The van der Waals surface area contributed by atoms with Crippen molar-refractivity contribution in [3.05, 3.63) is 39.8 Å². The van der Waals surface area contributed by atoms with Crippen LogP contribution in [0.3, 0.4) is 0 Å². The van der Waals surface area contributed by atoms with E-state index in [1.54, 1.807) is 6.20 Å². The van der Waals surface area contributed by atoms with Gasteiger partial charge in [-0.2, -0.15) is 5.10 Å². The van der Waals surface area contributed by atoms with Crippen LogP contribution in [0.25, 0.3) is 21.8 Å². The van der Waals surface area contributed by atoms with Crippen molar-refractivity contribution in [1.82, 2.24) is 25.0 Å². The van der Waals surface area contributed by atoms with Crippen molar-refractivity contribution in [1.29, 1.82) is 0 Å². The van der Waals surface area contributed by atoms with Crippen molar-refractivity contribution >= 4 is 27.7 Å². The number of benzene rings is 1. The molecule has 0 spiro atoms. The standard InChI is InChI=1S/C23H29N5O3/c1-15-12-20-18(21-19(23(30)26-20)14-25-28(21)16-4-2-5-16)13-17(15)22(29)24-6-3-7-27-8-10-31-11-9-27/h12-14,16H,2-11H2,1H3,(H,24,29)(H,26,30). The summed E-state index contributed by atoms with van der Waals surface area (Å²) in [6, 6.07) is 4.15. The SMILES string of the molecule is Cc1cc2[nH]c(=O)c3cnn(C4CCC4)c3c2cc1C(=O)NCCCN1CCOCC1. The summed E-state index contributed by atoms with van der Waals surface area (Å²) < 4.78 is 7.36. The van der Waals surface area contributed by atoms with E-state index < -0.39 is 0 Å². The zero-order valence-electron chi connectivity index (χ0n) is 17.9. The molecule has 3 heterocycles. The summed E-state index contributed by atoms with van der Waals surface area (Å²) in [6.45, 7) is 7.00. The molecule has 164 valence electrons. The number of hydrogen-bond donors (Lipinski definition) is 2. The van der Waals surface area contributed by atoms with E-state index in [9.17, 15) is 9.59 Å². The fourth-order valence-electron chi connectivity index (χ4n) is 4.57. The number of carbonyl (C=O) groups is 1. The summed E-state index contributed by atoms with van der Waals surface area (Å²) >= 11 is 0. The fourth-order valence-corrected chi connectivity index (χ4v) is 4.57. The second-order valence-corrected chi connectivity index (χ2v) is 8.67. The van der Waals surface area contributed by atoms with Gasteiger partial charge < -0.3 is 15.0 Å². The summed E-state index contributed by atoms with van der Waals surface area (Å²) in [5, 5.41) is 9.04. The molecular weight excluding hydrogens is 394 g/mol. The van der Waals surface area contributed by atoms with Gasteiger partial charge in [-0.25, -0.2) is 0 Å². The van der Waals surface area contributed by atoms with Crippen LogP contribution in [0.2, 0.25) is 0 Å². The second-order valence-electron chi connectivity index (χ2n) is 8.67. The lowest BCUT2D eigenvalue weighted by Crippen LogP contribution is -2.38. The van der Waals surface area contributed by atoms with Crippen molar-refractivity contribution in [3.63, 3.8) is 0 Å². The third kappa shape index (κ3) is 3.85. The van der Waals surface area contributed by atoms with Crippen LogP contribution in [0.4, 0.5) is 0 Å². The number of hydrogen-bond acceptors (Lipinski definition) is 5. The van der Waals surface area contributed by atoms with Gasteiger partial charge in [0, 0.05) is 30.6 Å². The van der Waals surface area contributed by atoms with E-state index in [0.29, 0.717) is 23.5 Å². The molecule has 5 rings (SSSR count). The van der Waals surface area contributed by atoms with E-state index in [1.807, 2.05) is 23.7 Å². The van der Waals surface area contributed by atoms with E-state index in [-0.39, 0.29) is 11.5 Å². The van der Waals surface area contributed by atoms with Gasteiger partial charge in [-0.1, -0.05) is 0 Å². The molecule has 1 saturated carbocycles. The lowest BCUT2D eigenvalue weighted by molar-refractivity contribution is 0.0374. The molecule has 0 atom stereocenters. The highest BCUT2D eigenvalue weighted by atomic mass is 16.5. The minimum Gasteiger partial charge on any atom is -0.379 e. The monoisotopic (exact) mass is 423 g/mol. The number of carbonyl (C=O) groups excluding carboxylic acids is 1. The Morgan fingerprint density at radius 1 is 1.26 bits per heavy atom. The number of nitrogens with one attached hydrogen (secondary N) is 2. The van der Waals surface area contributed by atoms with E-state index in [2.05, 4.69) is 20.3 Å². The predicted octanol–water partition coefficient (Wildman–Crippen LogP) is 2.36. The van der Waals surface area contributed by atoms with Gasteiger partial charge in [0.15, 0.2) is 0 Å². The predicted molar refractivity (Wildman–Crippen MR) is 120 cm³/mol. The van der Waals surface area contributed by atoms with Crippen LogP contribution in [-0.2, 0) is 4.74 Å². The van der Waals surface area contributed by atoms with Gasteiger partial charge in [0.25, 0.3) is 11.5 Å². The van der Waals surface area contributed by atoms with Crippen LogP contribution in [0, 0.1) is 6.92 Å². The Hall–Kier alpha value is -2.71. The Labute approximate surface area is 180 Å². The van der Waals surface area contributed by atoms with E-state index >= 15 is 0 Å². The van der Waals surface area contributed by atoms with Crippen LogP contribution in [0.15, 0.2) is 23.1 Å². The molecule has 8 nitrogen and oxygen atoms in total. The second kappa shape index (κ2) is 8.43. The number of ether oxygens (including phenoxy) is 1. The first-order chi connectivity index (χ1) is 15.1. The summed E-state index contributed by atoms with van der Waals surface area (Å²) in [5.41, 5.74) is 2.95. The Morgan fingerprint density at radius 3 is 2.81 bits per heavy atom. The molecule has 2 aromatic heterocycles. The van der Waals surface area contributed by atoms with E-state index in [1.165, 1.54) is 6.42 Å². The van der Waals surface area contributed by atoms with Gasteiger partial charge in [-0.3, -0.25) is 19.2 Å². The topological polar surface area (TPSA) is 92.2 Å². The minimum absolute atomic E-state index is 0.0737. The number of aromatic nitrogens is 3. The minimum atomic E-state index is -0.132. The highest BCUT2D eigenvalue weighted by Crippen LogP contribution is 2.35. The van der Waals surface area contributed by atoms with Crippen molar-refractivity contribution < 1.29 is 9.53 Å². The van der Waals surface area contributed by atoms with Crippen LogP contribution in [-0.4, -0.2) is 65.0 Å². The summed E-state index contributed by atoms with van der Waals surface area (Å²) in [4.78, 5) is 30.8. The molecule has 1 saturated heterocycles. The Kier molecular flexibility index (Phi) is 5.50. The smallest absolute Gasteiger partial charge is 0.259 e. The van der Waals surface area contributed by atoms with Crippen LogP contribution in [0.1, 0.15) is 47.6 Å². The molecule has 0 bridgehead atoms. The molecule has 2 fully saturated rings. The first kappa shape index (κ1) is 20.2. The quantitative estimate of drug-likeness (QED) is 0.594. The molecule has 1 amide bonds. The third-order valence-corrected chi connectivity index (χ3v) is 6.61. The highest BCUT2D eigenvalue weighted by Gasteiger charge is 2.24. The zero-order valence-corrected chi connectivity index (χ0v) is 17.9. The number of aromatic amines is 1. The number of morpholine rings is 1. The first-order valence-corrected chi connectivity index (χ1v) is 11.2. The number of H-pyrrole nitrogens is 1. The van der Waals surface area contributed by atoms with Crippen LogP contribution in [0.5, 0.6) is 0 Å². The lowest BCUT2D eigenvalue weighted by Gasteiger charge is -2.26. The van der Waals surface area contributed by atoms with Gasteiger partial charge in [-0.15, -0.1) is 0 Å². The van der Waals surface area contributed by atoms with Gasteiger partial charge in [0.05, 0.1) is 41.9 Å². The summed E-state index contributed by atoms with van der Waals surface area (Å²) in [5.74, 6) is -0.0737. The average Bonchev–Trinajstić information content (AvgIpc) is 3.16. The average molecular weight is 424 g/mol. The van der Waals surface area contributed by atoms with Crippen molar-refractivity contribution in [2.45, 2.75) is 38.6 Å². The maximum Gasteiger partial charge on any atom is 0.259 e. The normalized spacial score (nSPS) is 17.8. The van der Waals surface area contributed by atoms with Gasteiger partial charge in [-0.05, 0) is 56.8 Å². The molecule has 2 N–H and O–H groups in total. The van der Waals surface area contributed by atoms with Crippen molar-refractivity contribution in [2.75, 3.05) is 39.4 Å². The van der Waals surface area contributed by atoms with Gasteiger partial charge in [0.1, 0.15) is 0 Å². The lowest BCUT2D eigenvalue weighted by atomic mass is 9.93. The molecule has 2 aliphatic rings. The van der Waals surface area contributed by atoms with E-state index in [0.717, 1.165) is 74.1 Å². The molecule has 1 aromatic carbocycles. The molecule has 0 radical (unpaired) electrons. The molecule has 8 heteroatoms. The molecule has 3 aromatic rings. The van der Waals surface area contributed by atoms with Crippen molar-refractivity contribution in [2.24, 2.45) is 0 Å². The summed E-state index contributed by atoms with van der Waals surface area (Å²) in [6.07, 6.45) is 5.90. The number of nitrogens with zero attached hydrogens (tertiary/aromatic N) is 3. The maximum atomic E-state index is 12.9. The molecule has 31 heavy (non-hydrogen) atoms. The Bertz CT molecular complexity index is 1170. The molecule has 1 aliphatic heterocycles. The van der Waals surface area contributed by atoms with E-state index in [4.69, 9.17) is 4.74 Å². The summed E-state index contributed by atoms with van der Waals surface area (Å²) in [7, 11) is 0. The Balaban J connectivity index is 1.39. The molecular formula is C23H29N5O3. The van der Waals surface area contributed by atoms with Gasteiger partial charge >= 0.3 is 0 Å². The third-order valence-electron chi connectivity index (χ3n) is 6.61. The first-order valence-electron chi connectivity index (χ1n) is 11.2. The fraction of sp³-hybridized carbons (Fsp3) is 0.522. The van der Waals surface area contributed by atoms with Crippen LogP contribution >= 0.6 is 0 Å². The highest BCUT2D eigenvalue weighted by molar-refractivity contribution is 6.07. The van der Waals surface area contributed by atoms with Crippen molar-refractivity contribution in [3.8, 4) is 0 Å². The molecule has 1 aliphatic carbocycles. The number of amides is 1. The largest absolute Gasteiger partial charge is 0.379 e. The van der Waals surface area contributed by atoms with Gasteiger partial charge in [0.2, 0.25) is 0 Å². The zero-order chi connectivity index (χ0) is 21.4. The maximum absolute atomic E-state index is 12.9. The number of rotatable bonds is 6. The Morgan fingerprint density at radius 2 is 2.06 bits per heavy atom. The molecule has 0 unspecified atom stereocenters. The number of pyridine rings is 1.